The standard InChI is InChI=1S/C31H43N5O3Si/c1-22-11-9-12-23(20-32-22)28-21-33-27-13-14-29(34-24-17-25(37-5)19-26(18-24)38-6)36(30(27)35-28)15-10-16-39-40(7,8)31(2,3)4/h12-14,17-22H,9-11,15-16H2,1-8H3. The van der Waals surface area contributed by atoms with E-state index in [1.165, 1.54) is 0 Å². The normalized spacial score (nSPS) is 16.6. The maximum atomic E-state index is 6.49. The van der Waals surface area contributed by atoms with Gasteiger partial charge in [0.15, 0.2) is 14.0 Å². The number of ether oxygens (including phenoxy) is 2. The summed E-state index contributed by atoms with van der Waals surface area (Å²) in [4.78, 5) is 19.6. The van der Waals surface area contributed by atoms with Crippen LogP contribution in [0.4, 0.5) is 5.69 Å². The van der Waals surface area contributed by atoms with Crippen LogP contribution < -0.4 is 15.0 Å². The van der Waals surface area contributed by atoms with Gasteiger partial charge >= 0.3 is 0 Å². The fourth-order valence-corrected chi connectivity index (χ4v) is 5.34. The molecule has 0 saturated carbocycles. The van der Waals surface area contributed by atoms with E-state index in [-0.39, 0.29) is 5.04 Å². The fourth-order valence-electron chi connectivity index (χ4n) is 4.26. The van der Waals surface area contributed by atoms with E-state index in [1.54, 1.807) is 14.2 Å². The highest BCUT2D eigenvalue weighted by molar-refractivity contribution is 6.74. The molecule has 1 aromatic carbocycles. The second kappa shape index (κ2) is 12.5. The van der Waals surface area contributed by atoms with E-state index in [2.05, 4.69) is 56.4 Å². The van der Waals surface area contributed by atoms with Crippen LogP contribution in [0.1, 0.15) is 52.7 Å². The first-order valence-corrected chi connectivity index (χ1v) is 16.9. The largest absolute Gasteiger partial charge is 0.497 e. The third kappa shape index (κ3) is 7.06. The van der Waals surface area contributed by atoms with Gasteiger partial charge in [-0.05, 0) is 56.5 Å². The van der Waals surface area contributed by atoms with Crippen molar-refractivity contribution in [3.63, 3.8) is 0 Å². The van der Waals surface area contributed by atoms with Crippen molar-refractivity contribution in [1.29, 1.82) is 0 Å². The average Bonchev–Trinajstić information content (AvgIpc) is 3.14. The summed E-state index contributed by atoms with van der Waals surface area (Å²) in [7, 11) is 1.43. The number of hydrogen-bond acceptors (Lipinski definition) is 7. The summed E-state index contributed by atoms with van der Waals surface area (Å²) in [6.07, 6.45) is 8.80. The van der Waals surface area contributed by atoms with E-state index in [9.17, 15) is 0 Å². The van der Waals surface area contributed by atoms with E-state index >= 15 is 0 Å². The Hall–Kier alpha value is -3.30. The van der Waals surface area contributed by atoms with E-state index < -0.39 is 8.32 Å². The zero-order valence-electron chi connectivity index (χ0n) is 25.2. The van der Waals surface area contributed by atoms with Crippen LogP contribution in [0.2, 0.25) is 18.1 Å². The molecular formula is C31H43N5O3Si. The summed E-state index contributed by atoms with van der Waals surface area (Å²) in [5, 5.41) is 0.164. The topological polar surface area (TPSA) is 83.1 Å². The van der Waals surface area contributed by atoms with Gasteiger partial charge in [-0.25, -0.2) is 9.98 Å². The Morgan fingerprint density at radius 1 is 1.07 bits per heavy atom. The number of methoxy groups -OCH3 is 2. The molecule has 9 heteroatoms. The minimum absolute atomic E-state index is 0.164. The Morgan fingerprint density at radius 2 is 1.80 bits per heavy atom. The van der Waals surface area contributed by atoms with Crippen molar-refractivity contribution in [1.82, 2.24) is 14.5 Å². The van der Waals surface area contributed by atoms with Crippen LogP contribution in [0.15, 0.2) is 52.6 Å². The van der Waals surface area contributed by atoms with E-state index in [0.717, 1.165) is 52.9 Å². The first-order chi connectivity index (χ1) is 19.0. The summed E-state index contributed by atoms with van der Waals surface area (Å²) in [6.45, 7) is 14.9. The smallest absolute Gasteiger partial charge is 0.191 e. The summed E-state index contributed by atoms with van der Waals surface area (Å²) < 4.78 is 19.6. The molecule has 0 bridgehead atoms. The first kappa shape index (κ1) is 29.7. The fraction of sp³-hybridized carbons (Fsp3) is 0.484. The Balaban J connectivity index is 1.78. The van der Waals surface area contributed by atoms with E-state index in [1.807, 2.05) is 42.7 Å². The van der Waals surface area contributed by atoms with E-state index in [4.69, 9.17) is 28.9 Å². The number of aliphatic imine (C=N–C) groups is 1. The van der Waals surface area contributed by atoms with Crippen LogP contribution in [0, 0.1) is 0 Å². The highest BCUT2D eigenvalue weighted by atomic mass is 28.4. The molecule has 0 N–H and O–H groups in total. The number of benzene rings is 1. The van der Waals surface area contributed by atoms with Gasteiger partial charge in [0, 0.05) is 49.2 Å². The molecule has 1 aliphatic heterocycles. The van der Waals surface area contributed by atoms with Crippen molar-refractivity contribution in [3.8, 4) is 11.5 Å². The summed E-state index contributed by atoms with van der Waals surface area (Å²) in [5.41, 5.74) is 4.93. The number of allylic oxidation sites excluding steroid dienone is 2. The number of pyridine rings is 1. The van der Waals surface area contributed by atoms with E-state index in [0.29, 0.717) is 30.7 Å². The predicted molar refractivity (Wildman–Crippen MR) is 165 cm³/mol. The van der Waals surface area contributed by atoms with Gasteiger partial charge in [0.1, 0.15) is 22.5 Å². The number of rotatable bonds is 9. The van der Waals surface area contributed by atoms with Crippen molar-refractivity contribution in [2.45, 2.75) is 77.7 Å². The van der Waals surface area contributed by atoms with Crippen molar-refractivity contribution in [2.75, 3.05) is 20.8 Å². The predicted octanol–water partition coefficient (Wildman–Crippen LogP) is 6.73. The van der Waals surface area contributed by atoms with Crippen molar-refractivity contribution >= 4 is 37.0 Å². The maximum absolute atomic E-state index is 6.49. The van der Waals surface area contributed by atoms with Crippen LogP contribution in [0.25, 0.3) is 16.7 Å². The molecule has 2 aromatic heterocycles. The lowest BCUT2D eigenvalue weighted by Crippen LogP contribution is -2.41. The molecule has 0 fully saturated rings. The number of fused-ring (bicyclic) bond motifs is 1. The number of nitrogens with zero attached hydrogens (tertiary/aromatic N) is 5. The van der Waals surface area contributed by atoms with Gasteiger partial charge in [0.05, 0.1) is 31.8 Å². The zero-order valence-corrected chi connectivity index (χ0v) is 26.2. The lowest BCUT2D eigenvalue weighted by Gasteiger charge is -2.36. The molecule has 3 aromatic rings. The molecule has 0 aliphatic carbocycles. The quantitative estimate of drug-likeness (QED) is 0.214. The van der Waals surface area contributed by atoms with Gasteiger partial charge in [-0.15, -0.1) is 0 Å². The molecule has 0 saturated heterocycles. The molecule has 0 amide bonds. The van der Waals surface area contributed by atoms with Crippen LogP contribution in [-0.4, -0.2) is 55.9 Å². The van der Waals surface area contributed by atoms with Crippen molar-refractivity contribution in [2.24, 2.45) is 9.98 Å². The Kier molecular flexibility index (Phi) is 9.25. The highest BCUT2D eigenvalue weighted by Gasteiger charge is 2.36. The highest BCUT2D eigenvalue weighted by Crippen LogP contribution is 2.36. The molecule has 40 heavy (non-hydrogen) atoms. The van der Waals surface area contributed by atoms with Gasteiger partial charge in [-0.3, -0.25) is 9.98 Å². The van der Waals surface area contributed by atoms with Gasteiger partial charge in [-0.1, -0.05) is 26.8 Å². The second-order valence-electron chi connectivity index (χ2n) is 11.8. The molecule has 1 unspecified atom stereocenters. The Bertz CT molecular complexity index is 1450. The number of aromatic nitrogens is 3. The van der Waals surface area contributed by atoms with Crippen molar-refractivity contribution in [3.05, 3.63) is 53.8 Å². The van der Waals surface area contributed by atoms with Gasteiger partial charge < -0.3 is 18.5 Å². The molecule has 214 valence electrons. The molecule has 0 radical (unpaired) electrons. The van der Waals surface area contributed by atoms with Crippen LogP contribution in [0.3, 0.4) is 0 Å². The summed E-state index contributed by atoms with van der Waals surface area (Å²) >= 11 is 0. The second-order valence-corrected chi connectivity index (χ2v) is 16.6. The molecule has 3 heterocycles. The molecule has 0 spiro atoms. The van der Waals surface area contributed by atoms with Crippen LogP contribution >= 0.6 is 0 Å². The Morgan fingerprint density at radius 3 is 2.48 bits per heavy atom. The molecule has 8 nitrogen and oxygen atoms in total. The third-order valence-electron chi connectivity index (χ3n) is 7.79. The number of hydrogen-bond donors (Lipinski definition) is 0. The zero-order chi connectivity index (χ0) is 28.9. The monoisotopic (exact) mass is 561 g/mol. The van der Waals surface area contributed by atoms with Crippen LogP contribution in [-0.2, 0) is 11.0 Å². The minimum atomic E-state index is -1.84. The molecule has 1 atom stereocenters. The maximum Gasteiger partial charge on any atom is 0.191 e. The SMILES string of the molecule is COc1cc(N=c2ccc3ncc(C4=CCCC(C)N=C4)nc3n2CCCO[Si](C)(C)C(C)(C)C)cc(OC)c1. The molecule has 4 rings (SSSR count). The molecule has 1 aliphatic rings. The Labute approximate surface area is 239 Å². The number of aryl methyl sites for hydroxylation is 1. The van der Waals surface area contributed by atoms with Gasteiger partial charge in [0.25, 0.3) is 0 Å². The lowest BCUT2D eigenvalue weighted by atomic mass is 10.1. The summed E-state index contributed by atoms with van der Waals surface area (Å²) in [5.74, 6) is 1.37. The average molecular weight is 562 g/mol. The van der Waals surface area contributed by atoms with Gasteiger partial charge in [0.2, 0.25) is 0 Å². The van der Waals surface area contributed by atoms with Crippen LogP contribution in [0.5, 0.6) is 11.5 Å². The summed E-state index contributed by atoms with van der Waals surface area (Å²) in [6, 6.07) is 9.90. The molecular weight excluding hydrogens is 518 g/mol. The first-order valence-electron chi connectivity index (χ1n) is 14.0. The van der Waals surface area contributed by atoms with Crippen molar-refractivity contribution < 1.29 is 13.9 Å². The minimum Gasteiger partial charge on any atom is -0.497 e. The van der Waals surface area contributed by atoms with Gasteiger partial charge in [-0.2, -0.15) is 0 Å². The lowest BCUT2D eigenvalue weighted by molar-refractivity contribution is 0.275. The third-order valence-corrected chi connectivity index (χ3v) is 12.3.